The number of hydrogen-bond donors (Lipinski definition) is 1. The summed E-state index contributed by atoms with van der Waals surface area (Å²) in [6.07, 6.45) is 2.17. The highest BCUT2D eigenvalue weighted by Gasteiger charge is 2.27. The first-order valence-electron chi connectivity index (χ1n) is 7.80. The first-order chi connectivity index (χ1) is 9.63. The number of rotatable bonds is 6. The average molecular weight is 276 g/mol. The maximum absolute atomic E-state index is 10.5. The number of likely N-dealkylation sites (tertiary alicyclic amines) is 1. The smallest absolute Gasteiger partial charge is 0.0942 e. The van der Waals surface area contributed by atoms with E-state index in [9.17, 15) is 5.11 Å². The van der Waals surface area contributed by atoms with Crippen LogP contribution in [-0.2, 0) is 0 Å². The highest BCUT2D eigenvalue weighted by atomic mass is 16.3. The van der Waals surface area contributed by atoms with Crippen molar-refractivity contribution in [3.63, 3.8) is 0 Å². The lowest BCUT2D eigenvalue weighted by molar-refractivity contribution is 0.0589. The molecule has 2 rings (SSSR count). The number of likely N-dealkylation sites (N-methyl/N-ethyl adjacent to an activating group) is 2. The molecule has 3 atom stereocenters. The molecule has 0 bridgehead atoms. The van der Waals surface area contributed by atoms with Crippen molar-refractivity contribution in [1.29, 1.82) is 0 Å². The molecule has 0 amide bonds. The number of aliphatic hydroxyl groups excluding tert-OH is 1. The fourth-order valence-corrected chi connectivity index (χ4v) is 3.19. The number of benzene rings is 1. The lowest BCUT2D eigenvalue weighted by Gasteiger charge is -2.33. The molecule has 1 fully saturated rings. The van der Waals surface area contributed by atoms with Crippen molar-refractivity contribution in [3.05, 3.63) is 35.9 Å². The van der Waals surface area contributed by atoms with Crippen LogP contribution in [0.25, 0.3) is 0 Å². The van der Waals surface area contributed by atoms with Gasteiger partial charge in [0.2, 0.25) is 0 Å². The quantitative estimate of drug-likeness (QED) is 0.865. The molecule has 1 saturated heterocycles. The second kappa shape index (κ2) is 7.21. The van der Waals surface area contributed by atoms with Crippen LogP contribution in [0.4, 0.5) is 0 Å². The average Bonchev–Trinajstić information content (AvgIpc) is 2.93. The summed E-state index contributed by atoms with van der Waals surface area (Å²) in [4.78, 5) is 4.86. The molecule has 0 aliphatic carbocycles. The summed E-state index contributed by atoms with van der Waals surface area (Å²) in [6, 6.07) is 10.8. The molecular formula is C17H28N2O. The molecule has 1 aliphatic heterocycles. The molecule has 0 saturated carbocycles. The second-order valence-corrected chi connectivity index (χ2v) is 5.96. The predicted molar refractivity (Wildman–Crippen MR) is 83.8 cm³/mol. The first kappa shape index (κ1) is 15.5. The molecule has 0 radical (unpaired) electrons. The van der Waals surface area contributed by atoms with Crippen LogP contribution in [0.1, 0.15) is 38.4 Å². The van der Waals surface area contributed by atoms with Gasteiger partial charge in [-0.15, -0.1) is 0 Å². The van der Waals surface area contributed by atoms with E-state index >= 15 is 0 Å². The largest absolute Gasteiger partial charge is 0.387 e. The van der Waals surface area contributed by atoms with Crippen molar-refractivity contribution in [2.75, 3.05) is 26.7 Å². The summed E-state index contributed by atoms with van der Waals surface area (Å²) in [5.74, 6) is 0. The van der Waals surface area contributed by atoms with E-state index in [0.29, 0.717) is 6.04 Å². The molecule has 3 unspecified atom stereocenters. The van der Waals surface area contributed by atoms with Crippen LogP contribution in [0.5, 0.6) is 0 Å². The summed E-state index contributed by atoms with van der Waals surface area (Å²) < 4.78 is 0. The Labute approximate surface area is 123 Å². The van der Waals surface area contributed by atoms with E-state index in [1.165, 1.54) is 19.4 Å². The summed E-state index contributed by atoms with van der Waals surface area (Å²) in [6.45, 7) is 7.75. The van der Waals surface area contributed by atoms with Gasteiger partial charge >= 0.3 is 0 Å². The Hall–Kier alpha value is -0.900. The molecule has 0 aromatic heterocycles. The lowest BCUT2D eigenvalue weighted by atomic mass is 10.0. The molecule has 20 heavy (non-hydrogen) atoms. The van der Waals surface area contributed by atoms with Crippen LogP contribution in [0.2, 0.25) is 0 Å². The van der Waals surface area contributed by atoms with Gasteiger partial charge in [0.1, 0.15) is 0 Å². The van der Waals surface area contributed by atoms with Gasteiger partial charge < -0.3 is 5.11 Å². The fraction of sp³-hybridized carbons (Fsp3) is 0.647. The Balaban J connectivity index is 1.93. The number of hydrogen-bond acceptors (Lipinski definition) is 3. The Morgan fingerprint density at radius 1 is 1.35 bits per heavy atom. The number of nitrogens with zero attached hydrogens (tertiary/aromatic N) is 2. The minimum absolute atomic E-state index is 0.136. The fourth-order valence-electron chi connectivity index (χ4n) is 3.19. The van der Waals surface area contributed by atoms with E-state index < -0.39 is 6.10 Å². The summed E-state index contributed by atoms with van der Waals surface area (Å²) in [5, 5.41) is 10.5. The van der Waals surface area contributed by atoms with Gasteiger partial charge in [0.05, 0.1) is 6.10 Å². The molecule has 1 aromatic carbocycles. The van der Waals surface area contributed by atoms with Crippen molar-refractivity contribution in [1.82, 2.24) is 9.80 Å². The minimum Gasteiger partial charge on any atom is -0.387 e. The van der Waals surface area contributed by atoms with E-state index in [2.05, 4.69) is 30.7 Å². The highest BCUT2D eigenvalue weighted by molar-refractivity contribution is 5.18. The van der Waals surface area contributed by atoms with E-state index in [1.807, 2.05) is 30.3 Å². The summed E-state index contributed by atoms with van der Waals surface area (Å²) in [7, 11) is 2.13. The SMILES string of the molecule is CCN1CCCC1CN(C)C(C)C(O)c1ccccc1. The number of aliphatic hydroxyl groups is 1. The van der Waals surface area contributed by atoms with Crippen molar-refractivity contribution < 1.29 is 5.11 Å². The predicted octanol–water partition coefficient (Wildman–Crippen LogP) is 2.52. The molecule has 1 aromatic rings. The zero-order valence-electron chi connectivity index (χ0n) is 13.0. The molecule has 3 nitrogen and oxygen atoms in total. The maximum Gasteiger partial charge on any atom is 0.0942 e. The van der Waals surface area contributed by atoms with Gasteiger partial charge in [0.15, 0.2) is 0 Å². The van der Waals surface area contributed by atoms with Gasteiger partial charge in [-0.3, -0.25) is 9.80 Å². The Morgan fingerprint density at radius 3 is 2.70 bits per heavy atom. The van der Waals surface area contributed by atoms with E-state index in [0.717, 1.165) is 18.7 Å². The third kappa shape index (κ3) is 3.60. The molecule has 0 spiro atoms. The Kier molecular flexibility index (Phi) is 5.58. The highest BCUT2D eigenvalue weighted by Crippen LogP contribution is 2.23. The van der Waals surface area contributed by atoms with Gasteiger partial charge in [-0.05, 0) is 45.5 Å². The van der Waals surface area contributed by atoms with Crippen molar-refractivity contribution >= 4 is 0 Å². The Bertz CT molecular complexity index is 395. The van der Waals surface area contributed by atoms with Crippen molar-refractivity contribution in [2.45, 2.75) is 44.9 Å². The zero-order chi connectivity index (χ0) is 14.5. The van der Waals surface area contributed by atoms with Gasteiger partial charge in [-0.25, -0.2) is 0 Å². The van der Waals surface area contributed by atoms with Gasteiger partial charge in [0.25, 0.3) is 0 Å². The molecule has 1 heterocycles. The van der Waals surface area contributed by atoms with Crippen LogP contribution in [0, 0.1) is 0 Å². The monoisotopic (exact) mass is 276 g/mol. The van der Waals surface area contributed by atoms with Crippen LogP contribution in [-0.4, -0.2) is 53.7 Å². The molecule has 112 valence electrons. The summed E-state index contributed by atoms with van der Waals surface area (Å²) in [5.41, 5.74) is 1.01. The van der Waals surface area contributed by atoms with Crippen molar-refractivity contribution in [3.8, 4) is 0 Å². The molecular weight excluding hydrogens is 248 g/mol. The normalized spacial score (nSPS) is 23.1. The van der Waals surface area contributed by atoms with E-state index in [-0.39, 0.29) is 6.04 Å². The van der Waals surface area contributed by atoms with Gasteiger partial charge in [-0.1, -0.05) is 37.3 Å². The van der Waals surface area contributed by atoms with Crippen molar-refractivity contribution in [2.24, 2.45) is 0 Å². The standard InChI is InChI=1S/C17H28N2O/c1-4-19-12-8-11-16(19)13-18(3)14(2)17(20)15-9-6-5-7-10-15/h5-7,9-10,14,16-17,20H,4,8,11-13H2,1-3H3. The Morgan fingerprint density at radius 2 is 2.05 bits per heavy atom. The topological polar surface area (TPSA) is 26.7 Å². The third-order valence-corrected chi connectivity index (χ3v) is 4.70. The van der Waals surface area contributed by atoms with Crippen LogP contribution >= 0.6 is 0 Å². The van der Waals surface area contributed by atoms with Gasteiger partial charge in [-0.2, -0.15) is 0 Å². The molecule has 1 N–H and O–H groups in total. The van der Waals surface area contributed by atoms with E-state index in [1.54, 1.807) is 0 Å². The van der Waals surface area contributed by atoms with Crippen LogP contribution in [0.3, 0.4) is 0 Å². The second-order valence-electron chi connectivity index (χ2n) is 5.96. The third-order valence-electron chi connectivity index (χ3n) is 4.70. The first-order valence-corrected chi connectivity index (χ1v) is 7.80. The molecule has 1 aliphatic rings. The molecule has 3 heteroatoms. The van der Waals surface area contributed by atoms with Crippen LogP contribution in [0.15, 0.2) is 30.3 Å². The summed E-state index contributed by atoms with van der Waals surface area (Å²) >= 11 is 0. The zero-order valence-corrected chi connectivity index (χ0v) is 13.0. The van der Waals surface area contributed by atoms with Crippen LogP contribution < -0.4 is 0 Å². The van der Waals surface area contributed by atoms with E-state index in [4.69, 9.17) is 0 Å². The minimum atomic E-state index is -0.419. The van der Waals surface area contributed by atoms with Gasteiger partial charge in [0, 0.05) is 18.6 Å². The lowest BCUT2D eigenvalue weighted by Crippen LogP contribution is -2.43. The maximum atomic E-state index is 10.5.